The van der Waals surface area contributed by atoms with E-state index in [0.717, 1.165) is 0 Å². The molecule has 0 fully saturated rings. The maximum absolute atomic E-state index is 11.8. The van der Waals surface area contributed by atoms with E-state index in [1.807, 2.05) is 0 Å². The third kappa shape index (κ3) is 5.62. The number of ether oxygens (including phenoxy) is 2. The minimum Gasteiger partial charge on any atom is -0.478 e. The zero-order valence-electron chi connectivity index (χ0n) is 12.1. The van der Waals surface area contributed by atoms with Crippen molar-refractivity contribution < 1.29 is 38.9 Å². The van der Waals surface area contributed by atoms with Gasteiger partial charge in [-0.05, 0) is 19.1 Å². The van der Waals surface area contributed by atoms with Gasteiger partial charge < -0.3 is 19.7 Å². The third-order valence-electron chi connectivity index (χ3n) is 2.59. The van der Waals surface area contributed by atoms with Gasteiger partial charge in [-0.2, -0.15) is 0 Å². The Hall–Kier alpha value is -3.16. The van der Waals surface area contributed by atoms with E-state index in [1.165, 1.54) is 31.2 Å². The molecule has 1 rings (SSSR count). The van der Waals surface area contributed by atoms with Crippen molar-refractivity contribution in [1.29, 1.82) is 0 Å². The topological polar surface area (TPSA) is 127 Å². The zero-order valence-corrected chi connectivity index (χ0v) is 12.1. The van der Waals surface area contributed by atoms with Crippen LogP contribution in [0.4, 0.5) is 0 Å². The number of aromatic carboxylic acids is 1. The summed E-state index contributed by atoms with van der Waals surface area (Å²) in [5.41, 5.74) is -0.428. The van der Waals surface area contributed by atoms with Gasteiger partial charge in [0.2, 0.25) is 0 Å². The first-order valence-corrected chi connectivity index (χ1v) is 6.40. The lowest BCUT2D eigenvalue weighted by atomic mass is 10.1. The molecule has 0 radical (unpaired) electrons. The molecule has 0 heterocycles. The quantitative estimate of drug-likeness (QED) is 0.434. The highest BCUT2D eigenvalue weighted by molar-refractivity contribution is 6.02. The zero-order chi connectivity index (χ0) is 17.4. The Morgan fingerprint density at radius 2 is 1.57 bits per heavy atom. The third-order valence-corrected chi connectivity index (χ3v) is 2.59. The van der Waals surface area contributed by atoms with Crippen LogP contribution < -0.4 is 0 Å². The van der Waals surface area contributed by atoms with Gasteiger partial charge >= 0.3 is 23.9 Å². The van der Waals surface area contributed by atoms with E-state index >= 15 is 0 Å². The molecule has 0 amide bonds. The molecule has 0 spiro atoms. The van der Waals surface area contributed by atoms with E-state index in [-0.39, 0.29) is 29.9 Å². The van der Waals surface area contributed by atoms with Crippen molar-refractivity contribution in [2.45, 2.75) is 6.92 Å². The Bertz CT molecular complexity index is 659. The Labute approximate surface area is 130 Å². The monoisotopic (exact) mass is 322 g/mol. The minimum atomic E-state index is -1.28. The van der Waals surface area contributed by atoms with Crippen molar-refractivity contribution in [2.75, 3.05) is 13.2 Å². The molecule has 122 valence electrons. The highest BCUT2D eigenvalue weighted by atomic mass is 16.6. The highest BCUT2D eigenvalue weighted by Gasteiger charge is 2.17. The van der Waals surface area contributed by atoms with Gasteiger partial charge in [0.05, 0.1) is 11.1 Å². The van der Waals surface area contributed by atoms with Gasteiger partial charge in [0.1, 0.15) is 13.2 Å². The Morgan fingerprint density at radius 3 is 2.13 bits per heavy atom. The SMILES string of the molecule is CC(=CC(=O)O)C(=O)OCCOC(=O)c1ccccc1C(=O)O. The first kappa shape index (κ1) is 17.9. The molecule has 0 aliphatic heterocycles. The van der Waals surface area contributed by atoms with Crippen LogP contribution in [0, 0.1) is 0 Å². The second-order valence-corrected chi connectivity index (χ2v) is 4.29. The summed E-state index contributed by atoms with van der Waals surface area (Å²) in [5.74, 6) is -4.26. The fourth-order valence-corrected chi connectivity index (χ4v) is 1.55. The fourth-order valence-electron chi connectivity index (χ4n) is 1.55. The summed E-state index contributed by atoms with van der Waals surface area (Å²) in [6, 6.07) is 5.53. The molecule has 8 nitrogen and oxygen atoms in total. The van der Waals surface area contributed by atoms with Crippen LogP contribution in [0.25, 0.3) is 0 Å². The number of carboxylic acid groups (broad SMARTS) is 2. The van der Waals surface area contributed by atoms with Crippen molar-refractivity contribution in [2.24, 2.45) is 0 Å². The molecule has 0 aliphatic rings. The Morgan fingerprint density at radius 1 is 1.00 bits per heavy atom. The van der Waals surface area contributed by atoms with Gasteiger partial charge in [0, 0.05) is 11.6 Å². The molecule has 0 aromatic heterocycles. The number of rotatable bonds is 7. The van der Waals surface area contributed by atoms with Crippen molar-refractivity contribution >= 4 is 23.9 Å². The van der Waals surface area contributed by atoms with Crippen LogP contribution in [0.5, 0.6) is 0 Å². The van der Waals surface area contributed by atoms with Crippen molar-refractivity contribution in [3.05, 3.63) is 47.0 Å². The lowest BCUT2D eigenvalue weighted by Gasteiger charge is -2.08. The van der Waals surface area contributed by atoms with Gasteiger partial charge in [-0.1, -0.05) is 12.1 Å². The number of carbonyl (C=O) groups is 4. The highest BCUT2D eigenvalue weighted by Crippen LogP contribution is 2.10. The summed E-state index contributed by atoms with van der Waals surface area (Å²) in [4.78, 5) is 44.5. The van der Waals surface area contributed by atoms with Gasteiger partial charge in [-0.25, -0.2) is 19.2 Å². The van der Waals surface area contributed by atoms with Crippen LogP contribution in [0.3, 0.4) is 0 Å². The molecule has 0 aliphatic carbocycles. The number of benzene rings is 1. The van der Waals surface area contributed by atoms with Gasteiger partial charge in [0.15, 0.2) is 0 Å². The summed E-state index contributed by atoms with van der Waals surface area (Å²) in [6.07, 6.45) is 0.692. The summed E-state index contributed by atoms with van der Waals surface area (Å²) in [7, 11) is 0. The summed E-state index contributed by atoms with van der Waals surface area (Å²) in [5, 5.41) is 17.4. The van der Waals surface area contributed by atoms with Crippen molar-refractivity contribution in [3.63, 3.8) is 0 Å². The van der Waals surface area contributed by atoms with Gasteiger partial charge in [-0.3, -0.25) is 0 Å². The van der Waals surface area contributed by atoms with Crippen LogP contribution >= 0.6 is 0 Å². The standard InChI is InChI=1S/C15H14O8/c1-9(8-12(16)17)14(20)22-6-7-23-15(21)11-5-3-2-4-10(11)13(18)19/h2-5,8H,6-7H2,1H3,(H,16,17)(H,18,19). The van der Waals surface area contributed by atoms with Crippen LogP contribution in [0.15, 0.2) is 35.9 Å². The van der Waals surface area contributed by atoms with Crippen molar-refractivity contribution in [1.82, 2.24) is 0 Å². The minimum absolute atomic E-state index is 0.111. The molecular weight excluding hydrogens is 308 g/mol. The summed E-state index contributed by atoms with van der Waals surface area (Å²) in [6.45, 7) is 0.690. The molecule has 8 heteroatoms. The molecule has 2 N–H and O–H groups in total. The molecule has 1 aromatic rings. The van der Waals surface area contributed by atoms with Crippen LogP contribution in [0.1, 0.15) is 27.6 Å². The summed E-state index contributed by atoms with van der Waals surface area (Å²) < 4.78 is 9.52. The number of aliphatic carboxylic acids is 1. The van der Waals surface area contributed by atoms with E-state index in [0.29, 0.717) is 6.08 Å². The van der Waals surface area contributed by atoms with Crippen LogP contribution in [-0.4, -0.2) is 47.3 Å². The first-order chi connectivity index (χ1) is 10.8. The maximum Gasteiger partial charge on any atom is 0.339 e. The second-order valence-electron chi connectivity index (χ2n) is 4.29. The average Bonchev–Trinajstić information content (AvgIpc) is 2.50. The normalized spacial score (nSPS) is 10.7. The lowest BCUT2D eigenvalue weighted by Crippen LogP contribution is -2.16. The Kier molecular flexibility index (Phi) is 6.47. The molecule has 1 aromatic carbocycles. The van der Waals surface area contributed by atoms with Gasteiger partial charge in [-0.15, -0.1) is 0 Å². The molecule has 0 unspecified atom stereocenters. The van der Waals surface area contributed by atoms with E-state index in [2.05, 4.69) is 0 Å². The number of carboxylic acids is 2. The average molecular weight is 322 g/mol. The molecule has 0 saturated carbocycles. The predicted molar refractivity (Wildman–Crippen MR) is 76.0 cm³/mol. The second kappa shape index (κ2) is 8.32. The molecule has 0 atom stereocenters. The molecular formula is C15H14O8. The van der Waals surface area contributed by atoms with Gasteiger partial charge in [0.25, 0.3) is 0 Å². The lowest BCUT2D eigenvalue weighted by molar-refractivity contribution is -0.140. The first-order valence-electron chi connectivity index (χ1n) is 6.40. The maximum atomic E-state index is 11.8. The molecule has 0 bridgehead atoms. The van der Waals surface area contributed by atoms with Crippen LogP contribution in [0.2, 0.25) is 0 Å². The van der Waals surface area contributed by atoms with E-state index < -0.39 is 23.9 Å². The number of esters is 2. The Balaban J connectivity index is 2.51. The predicted octanol–water partition coefficient (Wildman–Crippen LogP) is 1.12. The number of hydrogen-bond acceptors (Lipinski definition) is 6. The van der Waals surface area contributed by atoms with E-state index in [1.54, 1.807) is 0 Å². The largest absolute Gasteiger partial charge is 0.478 e. The molecule has 23 heavy (non-hydrogen) atoms. The van der Waals surface area contributed by atoms with Crippen molar-refractivity contribution in [3.8, 4) is 0 Å². The smallest absolute Gasteiger partial charge is 0.339 e. The fraction of sp³-hybridized carbons (Fsp3) is 0.200. The number of hydrogen-bond donors (Lipinski definition) is 2. The molecule has 0 saturated heterocycles. The number of carbonyl (C=O) groups excluding carboxylic acids is 2. The van der Waals surface area contributed by atoms with E-state index in [9.17, 15) is 19.2 Å². The van der Waals surface area contributed by atoms with Crippen LogP contribution in [-0.2, 0) is 19.1 Å². The summed E-state index contributed by atoms with van der Waals surface area (Å²) >= 11 is 0. The van der Waals surface area contributed by atoms with E-state index in [4.69, 9.17) is 19.7 Å².